The summed E-state index contributed by atoms with van der Waals surface area (Å²) in [6.07, 6.45) is 0. The van der Waals surface area contributed by atoms with Crippen molar-refractivity contribution >= 4 is 27.3 Å². The monoisotopic (exact) mass is 338 g/mol. The zero-order valence-electron chi connectivity index (χ0n) is 11.5. The number of nitrogens with zero attached hydrogens (tertiary/aromatic N) is 1. The van der Waals surface area contributed by atoms with Gasteiger partial charge in [-0.1, -0.05) is 41.9 Å². The molecule has 0 fully saturated rings. The molecule has 2 N–H and O–H groups in total. The molecule has 0 bridgehead atoms. The van der Waals surface area contributed by atoms with Gasteiger partial charge in [-0.2, -0.15) is 0 Å². The number of aromatic nitrogens is 1. The Morgan fingerprint density at radius 1 is 1.37 bits per heavy atom. The minimum atomic E-state index is 0.401. The largest absolute Gasteiger partial charge is 0.330 e. The molecule has 1 atom stereocenters. The van der Waals surface area contributed by atoms with Gasteiger partial charge in [-0.25, -0.2) is 4.98 Å². The minimum absolute atomic E-state index is 0.401. The van der Waals surface area contributed by atoms with Crippen molar-refractivity contribution in [2.24, 2.45) is 11.7 Å². The van der Waals surface area contributed by atoms with Crippen LogP contribution in [-0.4, -0.2) is 11.5 Å². The van der Waals surface area contributed by atoms with E-state index in [9.17, 15) is 0 Å². The van der Waals surface area contributed by atoms with Crippen LogP contribution in [-0.2, 0) is 0 Å². The van der Waals surface area contributed by atoms with Crippen LogP contribution in [0.4, 0.5) is 0 Å². The molecule has 0 aliphatic carbocycles. The summed E-state index contributed by atoms with van der Waals surface area (Å²) >= 11 is 5.28. The standard InChI is InChI=1S/C15H19BrN2S/c1-9(2)13(8-17)14-10(3)18-15(19-14)11-5-4-6-12(16)7-11/h4-7,9,13H,8,17H2,1-3H3. The van der Waals surface area contributed by atoms with E-state index in [0.29, 0.717) is 18.4 Å². The number of aryl methyl sites for hydroxylation is 1. The van der Waals surface area contributed by atoms with E-state index >= 15 is 0 Å². The Balaban J connectivity index is 2.41. The molecular weight excluding hydrogens is 320 g/mol. The van der Waals surface area contributed by atoms with E-state index in [1.54, 1.807) is 11.3 Å². The molecule has 1 aromatic heterocycles. The zero-order chi connectivity index (χ0) is 14.0. The summed E-state index contributed by atoms with van der Waals surface area (Å²) in [5, 5.41) is 1.08. The first-order valence-electron chi connectivity index (χ1n) is 6.46. The molecule has 0 saturated heterocycles. The lowest BCUT2D eigenvalue weighted by molar-refractivity contribution is 0.510. The molecule has 0 spiro atoms. The van der Waals surface area contributed by atoms with E-state index in [2.05, 4.69) is 48.8 Å². The summed E-state index contributed by atoms with van der Waals surface area (Å²) in [4.78, 5) is 6.04. The second kappa shape index (κ2) is 6.16. The fraction of sp³-hybridized carbons (Fsp3) is 0.400. The van der Waals surface area contributed by atoms with Gasteiger partial charge in [-0.3, -0.25) is 0 Å². The van der Waals surface area contributed by atoms with Gasteiger partial charge < -0.3 is 5.73 Å². The smallest absolute Gasteiger partial charge is 0.123 e. The Labute approximate surface area is 127 Å². The average Bonchev–Trinajstić information content (AvgIpc) is 2.72. The van der Waals surface area contributed by atoms with Crippen LogP contribution in [0.25, 0.3) is 10.6 Å². The van der Waals surface area contributed by atoms with Crippen LogP contribution in [0.3, 0.4) is 0 Å². The number of rotatable bonds is 4. The van der Waals surface area contributed by atoms with Gasteiger partial charge in [-0.15, -0.1) is 11.3 Å². The number of nitrogens with two attached hydrogens (primary N) is 1. The SMILES string of the molecule is Cc1nc(-c2cccc(Br)c2)sc1C(CN)C(C)C. The lowest BCUT2D eigenvalue weighted by atomic mass is 9.93. The van der Waals surface area contributed by atoms with Crippen LogP contribution in [0, 0.1) is 12.8 Å². The Morgan fingerprint density at radius 2 is 2.11 bits per heavy atom. The Kier molecular flexibility index (Phi) is 4.76. The molecule has 0 saturated carbocycles. The highest BCUT2D eigenvalue weighted by Crippen LogP contribution is 2.36. The molecule has 0 amide bonds. The first-order chi connectivity index (χ1) is 9.02. The summed E-state index contributed by atoms with van der Waals surface area (Å²) in [6, 6.07) is 8.27. The van der Waals surface area contributed by atoms with E-state index in [0.717, 1.165) is 20.7 Å². The lowest BCUT2D eigenvalue weighted by Crippen LogP contribution is -2.17. The summed E-state index contributed by atoms with van der Waals surface area (Å²) in [7, 11) is 0. The van der Waals surface area contributed by atoms with Crippen LogP contribution in [0.15, 0.2) is 28.7 Å². The highest BCUT2D eigenvalue weighted by molar-refractivity contribution is 9.10. The molecule has 1 heterocycles. The predicted molar refractivity (Wildman–Crippen MR) is 86.6 cm³/mol. The van der Waals surface area contributed by atoms with Crippen molar-refractivity contribution < 1.29 is 0 Å². The molecule has 0 aliphatic rings. The van der Waals surface area contributed by atoms with E-state index in [1.807, 2.05) is 12.1 Å². The summed E-state index contributed by atoms with van der Waals surface area (Å²) < 4.78 is 1.08. The number of hydrogen-bond donors (Lipinski definition) is 1. The van der Waals surface area contributed by atoms with E-state index in [1.165, 1.54) is 4.88 Å². The van der Waals surface area contributed by atoms with Gasteiger partial charge in [0.25, 0.3) is 0 Å². The van der Waals surface area contributed by atoms with Crippen molar-refractivity contribution in [3.8, 4) is 10.6 Å². The first-order valence-corrected chi connectivity index (χ1v) is 8.07. The van der Waals surface area contributed by atoms with Gasteiger partial charge >= 0.3 is 0 Å². The van der Waals surface area contributed by atoms with Crippen molar-refractivity contribution in [1.82, 2.24) is 4.98 Å². The van der Waals surface area contributed by atoms with E-state index < -0.39 is 0 Å². The third-order valence-corrected chi connectivity index (χ3v) is 5.13. The summed E-state index contributed by atoms with van der Waals surface area (Å²) in [5.41, 5.74) is 8.19. The van der Waals surface area contributed by atoms with Gasteiger partial charge in [0, 0.05) is 27.4 Å². The van der Waals surface area contributed by atoms with Gasteiger partial charge in [0.05, 0.1) is 5.69 Å². The van der Waals surface area contributed by atoms with Crippen molar-refractivity contribution in [2.45, 2.75) is 26.7 Å². The molecule has 19 heavy (non-hydrogen) atoms. The highest BCUT2D eigenvalue weighted by Gasteiger charge is 2.20. The van der Waals surface area contributed by atoms with Crippen molar-refractivity contribution in [2.75, 3.05) is 6.54 Å². The van der Waals surface area contributed by atoms with Crippen LogP contribution in [0.2, 0.25) is 0 Å². The molecule has 0 radical (unpaired) electrons. The predicted octanol–water partition coefficient (Wildman–Crippen LogP) is 4.58. The maximum Gasteiger partial charge on any atom is 0.123 e. The van der Waals surface area contributed by atoms with E-state index in [-0.39, 0.29) is 0 Å². The van der Waals surface area contributed by atoms with Gasteiger partial charge in [0.2, 0.25) is 0 Å². The lowest BCUT2D eigenvalue weighted by Gasteiger charge is -2.17. The summed E-state index contributed by atoms with van der Waals surface area (Å²) in [6.45, 7) is 7.20. The van der Waals surface area contributed by atoms with Crippen LogP contribution in [0.5, 0.6) is 0 Å². The van der Waals surface area contributed by atoms with Gasteiger partial charge in [-0.05, 0) is 25.0 Å². The van der Waals surface area contributed by atoms with E-state index in [4.69, 9.17) is 10.7 Å². The first kappa shape index (κ1) is 14.7. The molecule has 1 aromatic carbocycles. The molecule has 2 nitrogen and oxygen atoms in total. The molecule has 102 valence electrons. The Bertz CT molecular complexity index is 563. The fourth-order valence-corrected chi connectivity index (χ4v) is 3.93. The molecular formula is C15H19BrN2S. The second-order valence-electron chi connectivity index (χ2n) is 5.07. The molecule has 1 unspecified atom stereocenters. The molecule has 0 aliphatic heterocycles. The zero-order valence-corrected chi connectivity index (χ0v) is 13.9. The van der Waals surface area contributed by atoms with Gasteiger partial charge in [0.15, 0.2) is 0 Å². The number of hydrogen-bond acceptors (Lipinski definition) is 3. The van der Waals surface area contributed by atoms with Crippen molar-refractivity contribution in [1.29, 1.82) is 0 Å². The maximum atomic E-state index is 5.92. The third-order valence-electron chi connectivity index (χ3n) is 3.30. The average molecular weight is 339 g/mol. The maximum absolute atomic E-state index is 5.92. The topological polar surface area (TPSA) is 38.9 Å². The Morgan fingerprint density at radius 3 is 2.68 bits per heavy atom. The molecule has 2 aromatic rings. The number of benzene rings is 1. The van der Waals surface area contributed by atoms with Crippen molar-refractivity contribution in [3.05, 3.63) is 39.3 Å². The fourth-order valence-electron chi connectivity index (χ4n) is 2.18. The molecule has 4 heteroatoms. The van der Waals surface area contributed by atoms with Crippen LogP contribution >= 0.6 is 27.3 Å². The number of thiazole rings is 1. The van der Waals surface area contributed by atoms with Crippen LogP contribution in [0.1, 0.15) is 30.3 Å². The minimum Gasteiger partial charge on any atom is -0.330 e. The molecule has 2 rings (SSSR count). The Hall–Kier alpha value is -0.710. The second-order valence-corrected chi connectivity index (χ2v) is 7.01. The van der Waals surface area contributed by atoms with Crippen LogP contribution < -0.4 is 5.73 Å². The normalized spacial score (nSPS) is 12.9. The summed E-state index contributed by atoms with van der Waals surface area (Å²) in [5.74, 6) is 0.943. The van der Waals surface area contributed by atoms with Crippen molar-refractivity contribution in [3.63, 3.8) is 0 Å². The third kappa shape index (κ3) is 3.25. The number of halogens is 1. The van der Waals surface area contributed by atoms with Gasteiger partial charge in [0.1, 0.15) is 5.01 Å². The quantitative estimate of drug-likeness (QED) is 0.886. The highest BCUT2D eigenvalue weighted by atomic mass is 79.9.